The Bertz CT molecular complexity index is 783. The summed E-state index contributed by atoms with van der Waals surface area (Å²) in [6.07, 6.45) is 0.683. The van der Waals surface area contributed by atoms with Gasteiger partial charge in [0.25, 0.3) is 0 Å². The third kappa shape index (κ3) is 4.24. The Labute approximate surface area is 143 Å². The van der Waals surface area contributed by atoms with Gasteiger partial charge in [-0.15, -0.1) is 0 Å². The Balaban J connectivity index is 1.54. The van der Waals surface area contributed by atoms with E-state index in [0.717, 1.165) is 36.3 Å². The van der Waals surface area contributed by atoms with Gasteiger partial charge in [-0.25, -0.2) is 13.6 Å². The van der Waals surface area contributed by atoms with E-state index in [4.69, 9.17) is 4.74 Å². The average molecular weight is 348 g/mol. The number of hydrogen-bond donors (Lipinski definition) is 3. The molecule has 1 atom stereocenters. The second-order valence-electron chi connectivity index (χ2n) is 5.80. The highest BCUT2D eigenvalue weighted by Crippen LogP contribution is 2.27. The molecule has 0 radical (unpaired) electrons. The van der Waals surface area contributed by atoms with Crippen LogP contribution in [0.5, 0.6) is 5.75 Å². The Hall–Kier alpha value is -2.67. The number of amides is 2. The van der Waals surface area contributed by atoms with E-state index in [2.05, 4.69) is 10.6 Å². The summed E-state index contributed by atoms with van der Waals surface area (Å²) in [5.41, 5.74) is 1.83. The highest BCUT2D eigenvalue weighted by molar-refractivity contribution is 5.89. The van der Waals surface area contributed by atoms with E-state index >= 15 is 0 Å². The van der Waals surface area contributed by atoms with Crippen molar-refractivity contribution in [2.45, 2.75) is 18.9 Å². The van der Waals surface area contributed by atoms with Gasteiger partial charge < -0.3 is 20.5 Å². The molecule has 1 aliphatic heterocycles. The molecule has 0 saturated carbocycles. The van der Waals surface area contributed by atoms with Crippen molar-refractivity contribution in [2.75, 3.05) is 18.5 Å². The van der Waals surface area contributed by atoms with Crippen LogP contribution in [0, 0.1) is 11.6 Å². The van der Waals surface area contributed by atoms with E-state index in [9.17, 15) is 18.7 Å². The van der Waals surface area contributed by atoms with Crippen LogP contribution >= 0.6 is 0 Å². The van der Waals surface area contributed by atoms with Gasteiger partial charge in [0.15, 0.2) is 11.6 Å². The van der Waals surface area contributed by atoms with Gasteiger partial charge in [0.2, 0.25) is 0 Å². The molecule has 7 heteroatoms. The predicted octanol–water partition coefficient (Wildman–Crippen LogP) is 3.14. The van der Waals surface area contributed by atoms with Crippen molar-refractivity contribution in [3.63, 3.8) is 0 Å². The number of carbonyl (C=O) groups is 1. The average Bonchev–Trinajstić information content (AvgIpc) is 2.62. The number of aliphatic hydroxyl groups is 1. The van der Waals surface area contributed by atoms with Crippen molar-refractivity contribution in [3.8, 4) is 5.75 Å². The molecule has 2 aromatic carbocycles. The lowest BCUT2D eigenvalue weighted by molar-refractivity contribution is 0.174. The van der Waals surface area contributed by atoms with Gasteiger partial charge in [0.1, 0.15) is 5.75 Å². The van der Waals surface area contributed by atoms with Crippen LogP contribution in [0.1, 0.15) is 23.7 Å². The summed E-state index contributed by atoms with van der Waals surface area (Å²) in [6.45, 7) is 0.563. The summed E-state index contributed by atoms with van der Waals surface area (Å²) in [5.74, 6) is -1.21. The second-order valence-corrected chi connectivity index (χ2v) is 5.80. The molecule has 132 valence electrons. The first kappa shape index (κ1) is 17.2. The van der Waals surface area contributed by atoms with Crippen LogP contribution in [0.4, 0.5) is 19.3 Å². The number of rotatable bonds is 4. The van der Waals surface area contributed by atoms with Crippen LogP contribution in [0.15, 0.2) is 36.4 Å². The van der Waals surface area contributed by atoms with Crippen molar-refractivity contribution < 1.29 is 23.4 Å². The summed E-state index contributed by atoms with van der Waals surface area (Å²) in [5, 5.41) is 15.1. The Morgan fingerprint density at radius 2 is 2.04 bits per heavy atom. The molecule has 1 unspecified atom stereocenters. The maximum absolute atomic E-state index is 13.2. The summed E-state index contributed by atoms with van der Waals surface area (Å²) >= 11 is 0. The highest BCUT2D eigenvalue weighted by Gasteiger charge is 2.14. The number of urea groups is 1. The van der Waals surface area contributed by atoms with Crippen LogP contribution in [0.3, 0.4) is 0 Å². The molecule has 2 amide bonds. The zero-order valence-corrected chi connectivity index (χ0v) is 13.4. The van der Waals surface area contributed by atoms with Crippen LogP contribution < -0.4 is 15.4 Å². The molecular weight excluding hydrogens is 330 g/mol. The van der Waals surface area contributed by atoms with Gasteiger partial charge in [-0.1, -0.05) is 6.07 Å². The Morgan fingerprint density at radius 3 is 2.84 bits per heavy atom. The third-order valence-corrected chi connectivity index (χ3v) is 3.95. The molecule has 1 aliphatic rings. The van der Waals surface area contributed by atoms with E-state index in [1.54, 1.807) is 12.1 Å². The zero-order valence-electron chi connectivity index (χ0n) is 13.4. The molecule has 2 aromatic rings. The molecule has 0 saturated heterocycles. The lowest BCUT2D eigenvalue weighted by Crippen LogP contribution is -2.32. The number of ether oxygens (including phenoxy) is 1. The van der Waals surface area contributed by atoms with Gasteiger partial charge >= 0.3 is 6.03 Å². The monoisotopic (exact) mass is 348 g/mol. The molecule has 0 fully saturated rings. The third-order valence-electron chi connectivity index (χ3n) is 3.95. The molecule has 25 heavy (non-hydrogen) atoms. The van der Waals surface area contributed by atoms with Crippen molar-refractivity contribution in [3.05, 3.63) is 59.2 Å². The molecule has 0 bridgehead atoms. The zero-order chi connectivity index (χ0) is 17.8. The van der Waals surface area contributed by atoms with Crippen LogP contribution in [-0.2, 0) is 6.42 Å². The number of halogens is 2. The fraction of sp³-hybridized carbons (Fsp3) is 0.278. The minimum Gasteiger partial charge on any atom is -0.493 e. The van der Waals surface area contributed by atoms with Crippen LogP contribution in [0.2, 0.25) is 0 Å². The van der Waals surface area contributed by atoms with Gasteiger partial charge in [-0.3, -0.25) is 0 Å². The first-order chi connectivity index (χ1) is 12.0. The summed E-state index contributed by atoms with van der Waals surface area (Å²) in [7, 11) is 0. The largest absolute Gasteiger partial charge is 0.493 e. The highest BCUT2D eigenvalue weighted by atomic mass is 19.2. The molecule has 3 rings (SSSR count). The smallest absolute Gasteiger partial charge is 0.319 e. The van der Waals surface area contributed by atoms with E-state index in [-0.39, 0.29) is 12.1 Å². The van der Waals surface area contributed by atoms with Crippen molar-refractivity contribution in [2.24, 2.45) is 0 Å². The predicted molar refractivity (Wildman–Crippen MR) is 88.6 cm³/mol. The minimum absolute atomic E-state index is 0.134. The van der Waals surface area contributed by atoms with Crippen LogP contribution in [0.25, 0.3) is 0 Å². The lowest BCUT2D eigenvalue weighted by atomic mass is 10.1. The maximum Gasteiger partial charge on any atom is 0.319 e. The Kier molecular flexibility index (Phi) is 5.14. The standard InChI is InChI=1S/C18H18F2N2O3/c19-14-5-3-11(9-15(14)20)16(23)10-21-18(24)22-13-4-6-17-12(8-13)2-1-7-25-17/h3-6,8-9,16,23H,1-2,7,10H2,(H2,21,22,24). The van der Waals surface area contributed by atoms with Crippen molar-refractivity contribution in [1.29, 1.82) is 0 Å². The van der Waals surface area contributed by atoms with Gasteiger partial charge in [0.05, 0.1) is 12.7 Å². The summed E-state index contributed by atoms with van der Waals surface area (Å²) < 4.78 is 31.6. The lowest BCUT2D eigenvalue weighted by Gasteiger charge is -2.18. The fourth-order valence-corrected chi connectivity index (χ4v) is 2.64. The number of nitrogens with one attached hydrogen (secondary N) is 2. The van der Waals surface area contributed by atoms with Gasteiger partial charge in [-0.2, -0.15) is 0 Å². The van der Waals surface area contributed by atoms with Gasteiger partial charge in [-0.05, 0) is 54.3 Å². The number of benzene rings is 2. The van der Waals surface area contributed by atoms with E-state index in [0.29, 0.717) is 12.3 Å². The summed E-state index contributed by atoms with van der Waals surface area (Å²) in [4.78, 5) is 11.9. The number of aryl methyl sites for hydroxylation is 1. The first-order valence-corrected chi connectivity index (χ1v) is 7.96. The van der Waals surface area contributed by atoms with Crippen LogP contribution in [-0.4, -0.2) is 24.3 Å². The molecular formula is C18H18F2N2O3. The maximum atomic E-state index is 13.2. The van der Waals surface area contributed by atoms with Gasteiger partial charge in [0, 0.05) is 12.2 Å². The first-order valence-electron chi connectivity index (χ1n) is 7.96. The van der Waals surface area contributed by atoms with E-state index in [1.165, 1.54) is 6.07 Å². The summed E-state index contributed by atoms with van der Waals surface area (Å²) in [6, 6.07) is 7.99. The second kappa shape index (κ2) is 7.48. The molecule has 0 aromatic heterocycles. The normalized spacial score (nSPS) is 14.2. The number of aliphatic hydroxyl groups excluding tert-OH is 1. The topological polar surface area (TPSA) is 70.6 Å². The molecule has 1 heterocycles. The molecule has 0 spiro atoms. The fourth-order valence-electron chi connectivity index (χ4n) is 2.64. The quantitative estimate of drug-likeness (QED) is 0.795. The number of carbonyl (C=O) groups excluding carboxylic acids is 1. The van der Waals surface area contributed by atoms with E-state index in [1.807, 2.05) is 6.07 Å². The van der Waals surface area contributed by atoms with Crippen molar-refractivity contribution >= 4 is 11.7 Å². The SMILES string of the molecule is O=C(NCC(O)c1ccc(F)c(F)c1)Nc1ccc2c(c1)CCCO2. The molecule has 5 nitrogen and oxygen atoms in total. The molecule has 0 aliphatic carbocycles. The number of hydrogen-bond acceptors (Lipinski definition) is 3. The number of anilines is 1. The van der Waals surface area contributed by atoms with Crippen molar-refractivity contribution in [1.82, 2.24) is 5.32 Å². The molecule has 3 N–H and O–H groups in total. The van der Waals surface area contributed by atoms with E-state index < -0.39 is 23.8 Å². The Morgan fingerprint density at radius 1 is 1.20 bits per heavy atom. The minimum atomic E-state index is -1.14. The number of fused-ring (bicyclic) bond motifs is 1.